The Balaban J connectivity index is 3.67. The first-order valence-corrected chi connectivity index (χ1v) is 11.0. The fourth-order valence-corrected chi connectivity index (χ4v) is 2.70. The van der Waals surface area contributed by atoms with Crippen LogP contribution < -0.4 is 5.32 Å². The predicted molar refractivity (Wildman–Crippen MR) is 123 cm³/mol. The molecule has 2 unspecified atom stereocenters. The van der Waals surface area contributed by atoms with Gasteiger partial charge in [-0.1, -0.05) is 93.4 Å². The highest BCUT2D eigenvalue weighted by Gasteiger charge is 1.94. The number of hydrogen-bond donors (Lipinski definition) is 3. The molecule has 0 saturated carbocycles. The third-order valence-corrected chi connectivity index (χ3v) is 4.37. The van der Waals surface area contributed by atoms with Gasteiger partial charge in [-0.2, -0.15) is 0 Å². The SMILES string of the molecule is CC/C=C\CC(O)\C=C/C=C/C=C/C(O)C/C=C\CCCCCCCCNC. The molecule has 0 fully saturated rings. The Morgan fingerprint density at radius 1 is 0.679 bits per heavy atom. The lowest BCUT2D eigenvalue weighted by Gasteiger charge is -2.01. The fourth-order valence-electron chi connectivity index (χ4n) is 2.70. The Morgan fingerprint density at radius 3 is 1.79 bits per heavy atom. The van der Waals surface area contributed by atoms with Gasteiger partial charge in [-0.15, -0.1) is 0 Å². The van der Waals surface area contributed by atoms with Crippen LogP contribution in [0, 0.1) is 0 Å². The van der Waals surface area contributed by atoms with Crippen molar-refractivity contribution in [2.24, 2.45) is 0 Å². The third-order valence-electron chi connectivity index (χ3n) is 4.37. The smallest absolute Gasteiger partial charge is 0.0758 e. The van der Waals surface area contributed by atoms with Gasteiger partial charge < -0.3 is 15.5 Å². The van der Waals surface area contributed by atoms with Crippen LogP contribution in [0.5, 0.6) is 0 Å². The molecule has 0 aromatic carbocycles. The molecule has 160 valence electrons. The largest absolute Gasteiger partial charge is 0.389 e. The lowest BCUT2D eigenvalue weighted by molar-refractivity contribution is 0.226. The number of rotatable bonds is 18. The summed E-state index contributed by atoms with van der Waals surface area (Å²) < 4.78 is 0. The summed E-state index contributed by atoms with van der Waals surface area (Å²) in [4.78, 5) is 0. The van der Waals surface area contributed by atoms with Crippen LogP contribution in [0.2, 0.25) is 0 Å². The van der Waals surface area contributed by atoms with Crippen LogP contribution in [0.15, 0.2) is 60.8 Å². The number of allylic oxidation sites excluding steroid dienone is 6. The van der Waals surface area contributed by atoms with E-state index in [-0.39, 0.29) is 0 Å². The minimum absolute atomic E-state index is 0.439. The Kier molecular flexibility index (Phi) is 20.8. The van der Waals surface area contributed by atoms with Gasteiger partial charge in [0.05, 0.1) is 12.2 Å². The average Bonchev–Trinajstić information content (AvgIpc) is 2.69. The molecule has 3 heteroatoms. The minimum Gasteiger partial charge on any atom is -0.389 e. The maximum Gasteiger partial charge on any atom is 0.0758 e. The molecule has 0 aromatic heterocycles. The summed E-state index contributed by atoms with van der Waals surface area (Å²) in [6.45, 7) is 3.21. The first-order chi connectivity index (χ1) is 13.7. The molecule has 0 aromatic rings. The summed E-state index contributed by atoms with van der Waals surface area (Å²) in [6.07, 6.45) is 29.6. The van der Waals surface area contributed by atoms with E-state index in [0.717, 1.165) is 19.4 Å². The van der Waals surface area contributed by atoms with E-state index < -0.39 is 12.2 Å². The van der Waals surface area contributed by atoms with Crippen LogP contribution in [0.25, 0.3) is 0 Å². The van der Waals surface area contributed by atoms with Gasteiger partial charge in [0.25, 0.3) is 0 Å². The molecule has 2 atom stereocenters. The maximum atomic E-state index is 9.92. The summed E-state index contributed by atoms with van der Waals surface area (Å²) in [5.41, 5.74) is 0. The van der Waals surface area contributed by atoms with E-state index in [0.29, 0.717) is 12.8 Å². The van der Waals surface area contributed by atoms with Gasteiger partial charge in [-0.3, -0.25) is 0 Å². The Morgan fingerprint density at radius 2 is 1.21 bits per heavy atom. The second kappa shape index (κ2) is 21.9. The second-order valence-corrected chi connectivity index (χ2v) is 7.13. The molecule has 28 heavy (non-hydrogen) atoms. The molecule has 0 bridgehead atoms. The van der Waals surface area contributed by atoms with Gasteiger partial charge in [0, 0.05) is 0 Å². The van der Waals surface area contributed by atoms with Gasteiger partial charge in [0.1, 0.15) is 0 Å². The zero-order valence-corrected chi connectivity index (χ0v) is 18.1. The molecule has 0 heterocycles. The molecule has 0 saturated heterocycles. The monoisotopic (exact) mass is 389 g/mol. The molecule has 3 nitrogen and oxygen atoms in total. The quantitative estimate of drug-likeness (QED) is 0.162. The number of aliphatic hydroxyl groups is 2. The second-order valence-electron chi connectivity index (χ2n) is 7.13. The van der Waals surface area contributed by atoms with Crippen molar-refractivity contribution >= 4 is 0 Å². The van der Waals surface area contributed by atoms with E-state index in [1.54, 1.807) is 12.2 Å². The van der Waals surface area contributed by atoms with Gasteiger partial charge in [-0.05, 0) is 52.1 Å². The lowest BCUT2D eigenvalue weighted by atomic mass is 10.1. The summed E-state index contributed by atoms with van der Waals surface area (Å²) in [5.74, 6) is 0. The first-order valence-electron chi connectivity index (χ1n) is 11.0. The zero-order chi connectivity index (χ0) is 20.7. The molecular formula is C25H43NO2. The van der Waals surface area contributed by atoms with E-state index in [1.807, 2.05) is 37.4 Å². The molecule has 0 aliphatic heterocycles. The van der Waals surface area contributed by atoms with Gasteiger partial charge >= 0.3 is 0 Å². The van der Waals surface area contributed by atoms with Crippen molar-refractivity contribution in [2.45, 2.75) is 83.3 Å². The van der Waals surface area contributed by atoms with Crippen molar-refractivity contribution in [1.82, 2.24) is 5.32 Å². The summed E-state index contributed by atoms with van der Waals surface area (Å²) in [7, 11) is 2.01. The molecule has 0 radical (unpaired) electrons. The highest BCUT2D eigenvalue weighted by Crippen LogP contribution is 2.08. The number of hydrogen-bond acceptors (Lipinski definition) is 3. The van der Waals surface area contributed by atoms with Gasteiger partial charge in [0.2, 0.25) is 0 Å². The maximum absolute atomic E-state index is 9.92. The number of unbranched alkanes of at least 4 members (excludes halogenated alkanes) is 6. The van der Waals surface area contributed by atoms with Crippen LogP contribution in [0.1, 0.15) is 71.1 Å². The van der Waals surface area contributed by atoms with Crippen molar-refractivity contribution in [2.75, 3.05) is 13.6 Å². The van der Waals surface area contributed by atoms with Crippen LogP contribution in [0.3, 0.4) is 0 Å². The standard InChI is InChI=1S/C25H43NO2/c1-3-4-14-19-24(27)21-16-11-12-17-22-25(28)20-15-10-8-6-5-7-9-13-18-23-26-2/h4,10-12,14-17,21-22,24-28H,3,5-9,13,18-20,23H2,1-2H3/b12-11+,14-4-,15-10-,21-16-,22-17+. The van der Waals surface area contributed by atoms with E-state index >= 15 is 0 Å². The Bertz CT molecular complexity index is 463. The summed E-state index contributed by atoms with van der Waals surface area (Å²) in [5, 5.41) is 22.8. The molecule has 0 aliphatic rings. The molecule has 3 N–H and O–H groups in total. The number of aliphatic hydroxyl groups excluding tert-OH is 2. The Labute approximate surface area is 173 Å². The third kappa shape index (κ3) is 20.9. The normalized spacial score (nSPS) is 15.1. The highest BCUT2D eigenvalue weighted by atomic mass is 16.3. The van der Waals surface area contributed by atoms with Crippen molar-refractivity contribution in [3.05, 3.63) is 60.8 Å². The topological polar surface area (TPSA) is 52.5 Å². The van der Waals surface area contributed by atoms with Crippen LogP contribution in [0.4, 0.5) is 0 Å². The highest BCUT2D eigenvalue weighted by molar-refractivity contribution is 5.13. The number of nitrogens with one attached hydrogen (secondary N) is 1. The first kappa shape index (κ1) is 26.6. The van der Waals surface area contributed by atoms with Gasteiger partial charge in [-0.25, -0.2) is 0 Å². The van der Waals surface area contributed by atoms with E-state index in [1.165, 1.54) is 38.5 Å². The lowest BCUT2D eigenvalue weighted by Crippen LogP contribution is -2.06. The van der Waals surface area contributed by atoms with E-state index in [9.17, 15) is 10.2 Å². The van der Waals surface area contributed by atoms with Crippen molar-refractivity contribution in [3.63, 3.8) is 0 Å². The van der Waals surface area contributed by atoms with Crippen LogP contribution in [-0.4, -0.2) is 36.0 Å². The Hall–Kier alpha value is -1.42. The summed E-state index contributed by atoms with van der Waals surface area (Å²) in [6, 6.07) is 0. The van der Waals surface area contributed by atoms with Crippen LogP contribution in [-0.2, 0) is 0 Å². The van der Waals surface area contributed by atoms with Gasteiger partial charge in [0.15, 0.2) is 0 Å². The summed E-state index contributed by atoms with van der Waals surface area (Å²) >= 11 is 0. The molecule has 0 spiro atoms. The van der Waals surface area contributed by atoms with Crippen molar-refractivity contribution in [3.8, 4) is 0 Å². The molecular weight excluding hydrogens is 346 g/mol. The van der Waals surface area contributed by atoms with Crippen molar-refractivity contribution < 1.29 is 10.2 Å². The fraction of sp³-hybridized carbons (Fsp3) is 0.600. The zero-order valence-electron chi connectivity index (χ0n) is 18.1. The van der Waals surface area contributed by atoms with E-state index in [4.69, 9.17) is 0 Å². The van der Waals surface area contributed by atoms with Crippen LogP contribution >= 0.6 is 0 Å². The average molecular weight is 390 g/mol. The minimum atomic E-state index is -0.443. The molecule has 0 amide bonds. The molecule has 0 rings (SSSR count). The predicted octanol–water partition coefficient (Wildman–Crippen LogP) is 5.63. The van der Waals surface area contributed by atoms with Crippen molar-refractivity contribution in [1.29, 1.82) is 0 Å². The van der Waals surface area contributed by atoms with E-state index in [2.05, 4.69) is 30.5 Å². The molecule has 0 aliphatic carbocycles.